The van der Waals surface area contributed by atoms with Gasteiger partial charge in [0.2, 0.25) is 5.91 Å². The molecular weight excluding hydrogens is 267 g/mol. The fourth-order valence-electron chi connectivity index (χ4n) is 1.69. The molecule has 0 unspecified atom stereocenters. The van der Waals surface area contributed by atoms with Crippen LogP contribution in [-0.4, -0.2) is 50.8 Å². The number of amides is 1. The standard InChI is InChI=1S/C13H17FN2O4/c1-16(8-11(17)15-6-7-20-2)10-5-3-4-9(14)12(10)13(18)19/h3-5H,6-8H2,1-2H3,(H,15,17)(H,18,19). The number of carbonyl (C=O) groups is 2. The molecule has 1 aromatic rings. The third-order valence-corrected chi connectivity index (χ3v) is 2.63. The van der Waals surface area contributed by atoms with Gasteiger partial charge < -0.3 is 20.1 Å². The smallest absolute Gasteiger partial charge is 0.340 e. The predicted octanol–water partition coefficient (Wildman–Crippen LogP) is 0.723. The molecule has 0 spiro atoms. The fraction of sp³-hybridized carbons (Fsp3) is 0.385. The Kier molecular flexibility index (Phi) is 5.92. The Morgan fingerprint density at radius 2 is 2.15 bits per heavy atom. The topological polar surface area (TPSA) is 78.9 Å². The first-order valence-corrected chi connectivity index (χ1v) is 5.96. The molecule has 0 bridgehead atoms. The first-order chi connectivity index (χ1) is 9.47. The Morgan fingerprint density at radius 1 is 1.45 bits per heavy atom. The molecule has 0 aliphatic carbocycles. The number of benzene rings is 1. The van der Waals surface area contributed by atoms with Gasteiger partial charge in [0.25, 0.3) is 0 Å². The predicted molar refractivity (Wildman–Crippen MR) is 71.5 cm³/mol. The van der Waals surface area contributed by atoms with Crippen LogP contribution < -0.4 is 10.2 Å². The van der Waals surface area contributed by atoms with E-state index in [1.54, 1.807) is 0 Å². The SMILES string of the molecule is COCCNC(=O)CN(C)c1cccc(F)c1C(=O)O. The van der Waals surface area contributed by atoms with Gasteiger partial charge in [0.1, 0.15) is 11.4 Å². The third kappa shape index (κ3) is 4.20. The number of carboxylic acid groups (broad SMARTS) is 1. The molecule has 2 N–H and O–H groups in total. The zero-order chi connectivity index (χ0) is 15.1. The largest absolute Gasteiger partial charge is 0.478 e. The van der Waals surface area contributed by atoms with Gasteiger partial charge >= 0.3 is 5.97 Å². The highest BCUT2D eigenvalue weighted by Crippen LogP contribution is 2.22. The number of carbonyl (C=O) groups excluding carboxylic acids is 1. The monoisotopic (exact) mass is 284 g/mol. The van der Waals surface area contributed by atoms with Gasteiger partial charge in [-0.3, -0.25) is 4.79 Å². The summed E-state index contributed by atoms with van der Waals surface area (Å²) in [5.41, 5.74) is -0.293. The summed E-state index contributed by atoms with van der Waals surface area (Å²) >= 11 is 0. The summed E-state index contributed by atoms with van der Waals surface area (Å²) in [6.45, 7) is 0.668. The Balaban J connectivity index is 2.77. The lowest BCUT2D eigenvalue weighted by Crippen LogP contribution is -2.37. The number of likely N-dealkylation sites (N-methyl/N-ethyl adjacent to an activating group) is 1. The molecule has 1 aromatic carbocycles. The molecule has 0 aliphatic rings. The lowest BCUT2D eigenvalue weighted by molar-refractivity contribution is -0.119. The molecule has 0 saturated heterocycles. The highest BCUT2D eigenvalue weighted by molar-refractivity contribution is 5.95. The van der Waals surface area contributed by atoms with E-state index < -0.39 is 17.3 Å². The Hall–Kier alpha value is -2.15. The molecule has 1 amide bonds. The summed E-state index contributed by atoms with van der Waals surface area (Å²) in [5.74, 6) is -2.50. The molecule has 0 radical (unpaired) electrons. The average molecular weight is 284 g/mol. The van der Waals surface area contributed by atoms with Crippen molar-refractivity contribution in [3.05, 3.63) is 29.6 Å². The van der Waals surface area contributed by atoms with Crippen molar-refractivity contribution >= 4 is 17.6 Å². The van der Waals surface area contributed by atoms with Crippen LogP contribution in [0, 0.1) is 5.82 Å². The van der Waals surface area contributed by atoms with Crippen LogP contribution >= 0.6 is 0 Å². The summed E-state index contributed by atoms with van der Waals surface area (Å²) in [6.07, 6.45) is 0. The zero-order valence-corrected chi connectivity index (χ0v) is 11.4. The van der Waals surface area contributed by atoms with E-state index in [-0.39, 0.29) is 18.1 Å². The van der Waals surface area contributed by atoms with Gasteiger partial charge in [0, 0.05) is 20.7 Å². The summed E-state index contributed by atoms with van der Waals surface area (Å²) in [5, 5.41) is 11.6. The number of hydrogen-bond acceptors (Lipinski definition) is 4. The van der Waals surface area contributed by atoms with Crippen LogP contribution in [0.15, 0.2) is 18.2 Å². The number of rotatable bonds is 7. The van der Waals surface area contributed by atoms with E-state index >= 15 is 0 Å². The van der Waals surface area contributed by atoms with Gasteiger partial charge in [-0.2, -0.15) is 0 Å². The Bertz CT molecular complexity index is 493. The molecule has 0 aromatic heterocycles. The second kappa shape index (κ2) is 7.44. The van der Waals surface area contributed by atoms with Crippen LogP contribution in [0.1, 0.15) is 10.4 Å². The van der Waals surface area contributed by atoms with Crippen molar-refractivity contribution in [1.82, 2.24) is 5.32 Å². The maximum atomic E-state index is 13.5. The maximum absolute atomic E-state index is 13.5. The zero-order valence-electron chi connectivity index (χ0n) is 11.4. The normalized spacial score (nSPS) is 10.2. The number of carboxylic acids is 1. The van der Waals surface area contributed by atoms with Crippen LogP contribution in [0.4, 0.5) is 10.1 Å². The molecule has 7 heteroatoms. The molecule has 1 rings (SSSR count). The van der Waals surface area contributed by atoms with Crippen LogP contribution in [0.25, 0.3) is 0 Å². The van der Waals surface area contributed by atoms with Crippen LogP contribution in [0.5, 0.6) is 0 Å². The van der Waals surface area contributed by atoms with Gasteiger partial charge in [-0.25, -0.2) is 9.18 Å². The molecule has 0 aliphatic heterocycles. The first kappa shape index (κ1) is 15.9. The number of nitrogens with zero attached hydrogens (tertiary/aromatic N) is 1. The Labute approximate surface area is 116 Å². The summed E-state index contributed by atoms with van der Waals surface area (Å²) in [7, 11) is 3.04. The van der Waals surface area contributed by atoms with E-state index in [1.165, 1.54) is 31.2 Å². The number of methoxy groups -OCH3 is 1. The van der Waals surface area contributed by atoms with E-state index in [4.69, 9.17) is 9.84 Å². The summed E-state index contributed by atoms with van der Waals surface area (Å²) in [4.78, 5) is 24.1. The van der Waals surface area contributed by atoms with Crippen molar-refractivity contribution in [3.8, 4) is 0 Å². The van der Waals surface area contributed by atoms with Crippen LogP contribution in [0.2, 0.25) is 0 Å². The van der Waals surface area contributed by atoms with Crippen molar-refractivity contribution in [2.75, 3.05) is 38.8 Å². The van der Waals surface area contributed by atoms with E-state index in [2.05, 4.69) is 5.32 Å². The quantitative estimate of drug-likeness (QED) is 0.721. The minimum absolute atomic E-state index is 0.0759. The second-order valence-electron chi connectivity index (χ2n) is 4.14. The van der Waals surface area contributed by atoms with Crippen molar-refractivity contribution in [3.63, 3.8) is 0 Å². The highest BCUT2D eigenvalue weighted by atomic mass is 19.1. The van der Waals surface area contributed by atoms with E-state index in [0.29, 0.717) is 13.2 Å². The van der Waals surface area contributed by atoms with Crippen molar-refractivity contribution in [1.29, 1.82) is 0 Å². The number of halogens is 1. The molecule has 0 saturated carbocycles. The van der Waals surface area contributed by atoms with Crippen molar-refractivity contribution in [2.24, 2.45) is 0 Å². The minimum atomic E-state index is -1.37. The highest BCUT2D eigenvalue weighted by Gasteiger charge is 2.19. The molecule has 0 atom stereocenters. The number of aromatic carboxylic acids is 1. The molecule has 20 heavy (non-hydrogen) atoms. The molecule has 0 fully saturated rings. The van der Waals surface area contributed by atoms with Gasteiger partial charge in [-0.15, -0.1) is 0 Å². The number of ether oxygens (including phenoxy) is 1. The van der Waals surface area contributed by atoms with Gasteiger partial charge in [0.15, 0.2) is 0 Å². The van der Waals surface area contributed by atoms with Crippen molar-refractivity contribution < 1.29 is 23.8 Å². The van der Waals surface area contributed by atoms with Crippen LogP contribution in [0.3, 0.4) is 0 Å². The van der Waals surface area contributed by atoms with E-state index in [0.717, 1.165) is 6.07 Å². The first-order valence-electron chi connectivity index (χ1n) is 5.96. The Morgan fingerprint density at radius 3 is 2.75 bits per heavy atom. The average Bonchev–Trinajstić information content (AvgIpc) is 2.38. The van der Waals surface area contributed by atoms with Gasteiger partial charge in [0.05, 0.1) is 18.8 Å². The number of hydrogen-bond donors (Lipinski definition) is 2. The van der Waals surface area contributed by atoms with Crippen LogP contribution in [-0.2, 0) is 9.53 Å². The molecule has 110 valence electrons. The molecule has 6 nitrogen and oxygen atoms in total. The number of nitrogens with one attached hydrogen (secondary N) is 1. The van der Waals surface area contributed by atoms with Crippen molar-refractivity contribution in [2.45, 2.75) is 0 Å². The lowest BCUT2D eigenvalue weighted by Gasteiger charge is -2.20. The minimum Gasteiger partial charge on any atom is -0.478 e. The fourth-order valence-corrected chi connectivity index (χ4v) is 1.69. The summed E-state index contributed by atoms with van der Waals surface area (Å²) < 4.78 is 18.3. The molecular formula is C13H17FN2O4. The van der Waals surface area contributed by atoms with E-state index in [9.17, 15) is 14.0 Å². The van der Waals surface area contributed by atoms with E-state index in [1.807, 2.05) is 0 Å². The summed E-state index contributed by atoms with van der Waals surface area (Å²) in [6, 6.07) is 3.92. The second-order valence-corrected chi connectivity index (χ2v) is 4.14. The maximum Gasteiger partial charge on any atom is 0.340 e. The van der Waals surface area contributed by atoms with Gasteiger partial charge in [-0.1, -0.05) is 6.07 Å². The molecule has 0 heterocycles. The third-order valence-electron chi connectivity index (χ3n) is 2.63. The lowest BCUT2D eigenvalue weighted by atomic mass is 10.1. The van der Waals surface area contributed by atoms with Gasteiger partial charge in [-0.05, 0) is 12.1 Å². The number of anilines is 1.